The number of rotatable bonds is 8. The standard InChI is InChI=1S/C28H29ClN6/c29-24-12-7-13-25(21-24)35-18-16-34(17-19-35)15-14-30-28-26(20-22-8-3-1-4-9-22)31-27(32-33-28)23-10-5-2-6-11-23/h1-13,21H,14-20H2,(H,30,33). The molecule has 1 saturated heterocycles. The number of nitrogens with one attached hydrogen (secondary N) is 1. The summed E-state index contributed by atoms with van der Waals surface area (Å²) in [6.07, 6.45) is 0.705. The van der Waals surface area contributed by atoms with Crippen molar-refractivity contribution in [1.29, 1.82) is 0 Å². The van der Waals surface area contributed by atoms with E-state index in [0.29, 0.717) is 12.2 Å². The molecule has 178 valence electrons. The SMILES string of the molecule is Clc1cccc(N2CCN(CCNc3nnc(-c4ccccc4)nc3Cc3ccccc3)CC2)c1. The van der Waals surface area contributed by atoms with Gasteiger partial charge < -0.3 is 10.2 Å². The smallest absolute Gasteiger partial charge is 0.182 e. The van der Waals surface area contributed by atoms with Crippen LogP contribution in [0.3, 0.4) is 0 Å². The highest BCUT2D eigenvalue weighted by Crippen LogP contribution is 2.22. The number of anilines is 2. The first-order valence-electron chi connectivity index (χ1n) is 12.0. The van der Waals surface area contributed by atoms with Crippen molar-refractivity contribution < 1.29 is 0 Å². The molecule has 3 aromatic carbocycles. The van der Waals surface area contributed by atoms with Crippen molar-refractivity contribution in [2.24, 2.45) is 0 Å². The first-order valence-corrected chi connectivity index (χ1v) is 12.4. The molecular formula is C28H29ClN6. The number of piperazine rings is 1. The number of hydrogen-bond acceptors (Lipinski definition) is 6. The fourth-order valence-electron chi connectivity index (χ4n) is 4.35. The molecule has 2 heterocycles. The van der Waals surface area contributed by atoms with Crippen molar-refractivity contribution in [3.63, 3.8) is 0 Å². The van der Waals surface area contributed by atoms with Crippen LogP contribution in [0.4, 0.5) is 11.5 Å². The maximum atomic E-state index is 6.17. The Kier molecular flexibility index (Phi) is 7.51. The summed E-state index contributed by atoms with van der Waals surface area (Å²) in [6.45, 7) is 5.75. The van der Waals surface area contributed by atoms with Gasteiger partial charge in [0.2, 0.25) is 0 Å². The Hall–Kier alpha value is -3.48. The maximum absolute atomic E-state index is 6.17. The molecule has 1 aromatic heterocycles. The van der Waals surface area contributed by atoms with E-state index in [9.17, 15) is 0 Å². The molecule has 0 spiro atoms. The first-order chi connectivity index (χ1) is 17.2. The van der Waals surface area contributed by atoms with Gasteiger partial charge in [-0.3, -0.25) is 4.90 Å². The third-order valence-electron chi connectivity index (χ3n) is 6.27. The van der Waals surface area contributed by atoms with Crippen LogP contribution in [0.25, 0.3) is 11.4 Å². The molecule has 0 unspecified atom stereocenters. The summed E-state index contributed by atoms with van der Waals surface area (Å²) >= 11 is 6.17. The number of aromatic nitrogens is 3. The lowest BCUT2D eigenvalue weighted by Crippen LogP contribution is -2.47. The summed E-state index contributed by atoms with van der Waals surface area (Å²) < 4.78 is 0. The second-order valence-electron chi connectivity index (χ2n) is 8.69. The normalized spacial score (nSPS) is 14.1. The molecule has 5 rings (SSSR count). The summed E-state index contributed by atoms with van der Waals surface area (Å²) in [6, 6.07) is 28.5. The number of benzene rings is 3. The predicted octanol–water partition coefficient (Wildman–Crippen LogP) is 5.02. The topological polar surface area (TPSA) is 57.2 Å². The molecule has 1 fully saturated rings. The molecule has 0 amide bonds. The van der Waals surface area contributed by atoms with Gasteiger partial charge in [-0.15, -0.1) is 10.2 Å². The van der Waals surface area contributed by atoms with Crippen molar-refractivity contribution in [2.45, 2.75) is 6.42 Å². The van der Waals surface area contributed by atoms with Crippen molar-refractivity contribution in [3.8, 4) is 11.4 Å². The zero-order valence-electron chi connectivity index (χ0n) is 19.6. The van der Waals surface area contributed by atoms with E-state index in [4.69, 9.17) is 16.6 Å². The molecule has 0 atom stereocenters. The van der Waals surface area contributed by atoms with Gasteiger partial charge in [0.05, 0.1) is 5.69 Å². The van der Waals surface area contributed by atoms with Crippen LogP contribution in [0.2, 0.25) is 5.02 Å². The van der Waals surface area contributed by atoms with Gasteiger partial charge in [-0.25, -0.2) is 4.98 Å². The van der Waals surface area contributed by atoms with Crippen molar-refractivity contribution in [1.82, 2.24) is 20.1 Å². The average molecular weight is 485 g/mol. The lowest BCUT2D eigenvalue weighted by Gasteiger charge is -2.36. The van der Waals surface area contributed by atoms with Crippen LogP contribution in [-0.2, 0) is 6.42 Å². The van der Waals surface area contributed by atoms with Crippen LogP contribution in [0.5, 0.6) is 0 Å². The van der Waals surface area contributed by atoms with Gasteiger partial charge >= 0.3 is 0 Å². The number of halogens is 1. The highest BCUT2D eigenvalue weighted by atomic mass is 35.5. The van der Waals surface area contributed by atoms with Gasteiger partial charge in [0.25, 0.3) is 0 Å². The van der Waals surface area contributed by atoms with E-state index in [1.165, 1.54) is 11.3 Å². The van der Waals surface area contributed by atoms with Crippen molar-refractivity contribution in [3.05, 3.63) is 101 Å². The van der Waals surface area contributed by atoms with E-state index in [1.807, 2.05) is 54.6 Å². The van der Waals surface area contributed by atoms with E-state index in [0.717, 1.165) is 61.4 Å². The van der Waals surface area contributed by atoms with Crippen LogP contribution in [0.1, 0.15) is 11.3 Å². The van der Waals surface area contributed by atoms with Crippen LogP contribution >= 0.6 is 11.6 Å². The van der Waals surface area contributed by atoms with E-state index in [2.05, 4.69) is 55.6 Å². The fourth-order valence-corrected chi connectivity index (χ4v) is 4.54. The Balaban J connectivity index is 1.21. The van der Waals surface area contributed by atoms with E-state index in [1.54, 1.807) is 0 Å². The Bertz CT molecular complexity index is 1230. The predicted molar refractivity (Wildman–Crippen MR) is 143 cm³/mol. The zero-order chi connectivity index (χ0) is 23.9. The van der Waals surface area contributed by atoms with Gasteiger partial charge in [0.15, 0.2) is 11.6 Å². The second-order valence-corrected chi connectivity index (χ2v) is 9.13. The van der Waals surface area contributed by atoms with E-state index < -0.39 is 0 Å². The average Bonchev–Trinajstić information content (AvgIpc) is 2.91. The van der Waals surface area contributed by atoms with Gasteiger partial charge in [0.1, 0.15) is 0 Å². The molecule has 0 radical (unpaired) electrons. The number of nitrogens with zero attached hydrogens (tertiary/aromatic N) is 5. The van der Waals surface area contributed by atoms with E-state index in [-0.39, 0.29) is 0 Å². The quantitative estimate of drug-likeness (QED) is 0.379. The van der Waals surface area contributed by atoms with E-state index >= 15 is 0 Å². The molecule has 0 bridgehead atoms. The molecule has 1 aliphatic rings. The van der Waals surface area contributed by atoms with Crippen LogP contribution in [0, 0.1) is 0 Å². The van der Waals surface area contributed by atoms with Crippen LogP contribution in [0.15, 0.2) is 84.9 Å². The maximum Gasteiger partial charge on any atom is 0.182 e. The monoisotopic (exact) mass is 484 g/mol. The number of hydrogen-bond donors (Lipinski definition) is 1. The summed E-state index contributed by atoms with van der Waals surface area (Å²) in [7, 11) is 0. The minimum Gasteiger partial charge on any atom is -0.369 e. The molecule has 1 N–H and O–H groups in total. The third kappa shape index (κ3) is 6.15. The Morgan fingerprint density at radius 1 is 0.800 bits per heavy atom. The highest BCUT2D eigenvalue weighted by Gasteiger charge is 2.18. The Morgan fingerprint density at radius 2 is 1.54 bits per heavy atom. The van der Waals surface area contributed by atoms with Crippen molar-refractivity contribution >= 4 is 23.1 Å². The highest BCUT2D eigenvalue weighted by molar-refractivity contribution is 6.30. The Labute approximate surface area is 211 Å². The third-order valence-corrected chi connectivity index (χ3v) is 6.51. The molecule has 7 heteroatoms. The molecule has 35 heavy (non-hydrogen) atoms. The Morgan fingerprint density at radius 3 is 2.29 bits per heavy atom. The second kappa shape index (κ2) is 11.3. The van der Waals surface area contributed by atoms with Gasteiger partial charge in [-0.05, 0) is 23.8 Å². The summed E-state index contributed by atoms with van der Waals surface area (Å²) in [4.78, 5) is 9.76. The molecule has 0 saturated carbocycles. The van der Waals surface area contributed by atoms with Crippen LogP contribution in [-0.4, -0.2) is 59.3 Å². The largest absolute Gasteiger partial charge is 0.369 e. The van der Waals surface area contributed by atoms with Gasteiger partial charge in [0, 0.05) is 62.0 Å². The minimum atomic E-state index is 0.652. The van der Waals surface area contributed by atoms with Gasteiger partial charge in [-0.1, -0.05) is 78.3 Å². The molecular weight excluding hydrogens is 456 g/mol. The fraction of sp³-hybridized carbons (Fsp3) is 0.250. The molecule has 1 aliphatic heterocycles. The molecule has 6 nitrogen and oxygen atoms in total. The lowest BCUT2D eigenvalue weighted by molar-refractivity contribution is 0.267. The van der Waals surface area contributed by atoms with Crippen LogP contribution < -0.4 is 10.2 Å². The van der Waals surface area contributed by atoms with Gasteiger partial charge in [-0.2, -0.15) is 0 Å². The summed E-state index contributed by atoms with van der Waals surface area (Å²) in [5.74, 6) is 1.41. The minimum absolute atomic E-state index is 0.652. The molecule has 0 aliphatic carbocycles. The first kappa shape index (κ1) is 23.3. The summed E-state index contributed by atoms with van der Waals surface area (Å²) in [5, 5.41) is 13.2. The lowest BCUT2D eigenvalue weighted by atomic mass is 10.1. The van der Waals surface area contributed by atoms with Crippen molar-refractivity contribution in [2.75, 3.05) is 49.5 Å². The zero-order valence-corrected chi connectivity index (χ0v) is 20.4. The summed E-state index contributed by atoms with van der Waals surface area (Å²) in [5.41, 5.74) is 4.28. The molecule has 4 aromatic rings.